The molecule has 0 saturated carbocycles. The van der Waals surface area contributed by atoms with Gasteiger partial charge in [0.15, 0.2) is 8.32 Å². The highest BCUT2D eigenvalue weighted by atomic mass is 28.4. The van der Waals surface area contributed by atoms with E-state index in [0.29, 0.717) is 0 Å². The van der Waals surface area contributed by atoms with Crippen LogP contribution in [-0.2, 0) is 4.43 Å². The second-order valence-electron chi connectivity index (χ2n) is 3.15. The Bertz CT molecular complexity index is 135. The Morgan fingerprint density at radius 2 is 1.38 bits per heavy atom. The zero-order valence-corrected chi connectivity index (χ0v) is 9.37. The van der Waals surface area contributed by atoms with E-state index in [2.05, 4.69) is 0 Å². The van der Waals surface area contributed by atoms with Gasteiger partial charge in [-0.3, -0.25) is 0 Å². The van der Waals surface area contributed by atoms with Crippen LogP contribution in [0.25, 0.3) is 0 Å². The van der Waals surface area contributed by atoms with Crippen molar-refractivity contribution in [1.29, 1.82) is 0 Å². The normalized spacial score (nSPS) is 13.4. The van der Waals surface area contributed by atoms with Crippen molar-refractivity contribution in [3.8, 4) is 0 Å². The van der Waals surface area contributed by atoms with Gasteiger partial charge in [-0.05, 0) is 18.1 Å². The molecule has 0 spiro atoms. The summed E-state index contributed by atoms with van der Waals surface area (Å²) in [4.78, 5) is 0. The highest BCUT2D eigenvalue weighted by molar-refractivity contribution is 6.73. The summed E-state index contributed by atoms with van der Waals surface area (Å²) in [6.45, 7) is 4.66. The third-order valence-electron chi connectivity index (χ3n) is 2.48. The largest absolute Gasteiger partial charge is 0.410 e. The Labute approximate surface area is 78.4 Å². The molecule has 0 radical (unpaired) electrons. The van der Waals surface area contributed by atoms with Crippen LogP contribution < -0.4 is 0 Å². The first-order valence-corrected chi connectivity index (χ1v) is 7.12. The first kappa shape index (κ1) is 13.0. The Hall–Kier alpha value is -0.0331. The van der Waals surface area contributed by atoms with Crippen LogP contribution in [0.2, 0.25) is 18.1 Å². The van der Waals surface area contributed by atoms with Crippen LogP contribution in [-0.4, -0.2) is 21.1 Å². The molecule has 5 heteroatoms. The Balaban J connectivity index is 4.11. The summed E-state index contributed by atoms with van der Waals surface area (Å²) < 4.78 is 40.7. The molecule has 0 aliphatic heterocycles. The number of alkyl halides is 3. The lowest BCUT2D eigenvalue weighted by molar-refractivity contribution is -0.155. The maximum atomic E-state index is 11.9. The van der Waals surface area contributed by atoms with Gasteiger partial charge in [-0.2, -0.15) is 13.2 Å². The lowest BCUT2D eigenvalue weighted by Crippen LogP contribution is -2.39. The van der Waals surface area contributed by atoms with E-state index in [9.17, 15) is 13.2 Å². The third-order valence-corrected chi connectivity index (χ3v) is 7.10. The average molecular weight is 214 g/mol. The van der Waals surface area contributed by atoms with E-state index in [1.165, 1.54) is 0 Å². The van der Waals surface area contributed by atoms with Gasteiger partial charge < -0.3 is 4.43 Å². The van der Waals surface area contributed by atoms with E-state index in [-0.39, 0.29) is 0 Å². The van der Waals surface area contributed by atoms with Crippen molar-refractivity contribution in [1.82, 2.24) is 0 Å². The number of hydrogen-bond acceptors (Lipinski definition) is 1. The minimum Gasteiger partial charge on any atom is -0.408 e. The molecule has 0 aromatic carbocycles. The van der Waals surface area contributed by atoms with E-state index in [1.54, 1.807) is 0 Å². The molecule has 0 aromatic heterocycles. The zero-order chi connectivity index (χ0) is 10.5. The second-order valence-corrected chi connectivity index (χ2v) is 7.92. The summed E-state index contributed by atoms with van der Waals surface area (Å²) in [5.41, 5.74) is 0. The molecule has 0 aliphatic carbocycles. The van der Waals surface area contributed by atoms with Gasteiger partial charge in [0.2, 0.25) is 0 Å². The van der Waals surface area contributed by atoms with Crippen LogP contribution in [0.1, 0.15) is 20.8 Å². The van der Waals surface area contributed by atoms with Gasteiger partial charge in [0.25, 0.3) is 0 Å². The number of halogens is 3. The summed E-state index contributed by atoms with van der Waals surface area (Å²) in [5, 5.41) is 0. The van der Waals surface area contributed by atoms with Crippen molar-refractivity contribution in [2.24, 2.45) is 0 Å². The molecule has 0 aromatic rings. The summed E-state index contributed by atoms with van der Waals surface area (Å²) in [6, 6.07) is 2.28. The van der Waals surface area contributed by atoms with Gasteiger partial charge in [0.1, 0.15) is 6.61 Å². The molecule has 0 N–H and O–H groups in total. The predicted octanol–water partition coefficient (Wildman–Crippen LogP) is 3.57. The van der Waals surface area contributed by atoms with Crippen LogP contribution in [0, 0.1) is 0 Å². The van der Waals surface area contributed by atoms with Crippen molar-refractivity contribution < 1.29 is 17.6 Å². The van der Waals surface area contributed by atoms with Gasteiger partial charge in [0, 0.05) is 0 Å². The third kappa shape index (κ3) is 4.66. The number of hydrogen-bond donors (Lipinski definition) is 0. The van der Waals surface area contributed by atoms with E-state index in [1.807, 2.05) is 20.8 Å². The standard InChI is InChI=1S/C8H17F3OSi/c1-4-13(5-2,6-3)12-7-8(9,10)11/h4-7H2,1-3H3. The van der Waals surface area contributed by atoms with Crippen molar-refractivity contribution in [3.05, 3.63) is 0 Å². The van der Waals surface area contributed by atoms with Gasteiger partial charge in [0.05, 0.1) is 0 Å². The highest BCUT2D eigenvalue weighted by Crippen LogP contribution is 2.25. The van der Waals surface area contributed by atoms with Gasteiger partial charge in [-0.15, -0.1) is 0 Å². The van der Waals surface area contributed by atoms with Gasteiger partial charge in [-0.25, -0.2) is 0 Å². The molecular formula is C8H17F3OSi. The predicted molar refractivity (Wildman–Crippen MR) is 49.2 cm³/mol. The topological polar surface area (TPSA) is 9.23 Å². The smallest absolute Gasteiger partial charge is 0.408 e. The molecule has 0 bridgehead atoms. The second kappa shape index (κ2) is 5.00. The van der Waals surface area contributed by atoms with E-state index < -0.39 is 21.1 Å². The lowest BCUT2D eigenvalue weighted by Gasteiger charge is -2.28. The van der Waals surface area contributed by atoms with Crippen LogP contribution >= 0.6 is 0 Å². The fourth-order valence-electron chi connectivity index (χ4n) is 1.29. The summed E-state index contributed by atoms with van der Waals surface area (Å²) in [7, 11) is -2.05. The minimum atomic E-state index is -4.18. The molecule has 80 valence electrons. The van der Waals surface area contributed by atoms with E-state index in [0.717, 1.165) is 18.1 Å². The SMILES string of the molecule is CC[Si](CC)(CC)OCC(F)(F)F. The Kier molecular flexibility index (Phi) is 4.99. The number of rotatable bonds is 5. The van der Waals surface area contributed by atoms with Crippen LogP contribution in [0.5, 0.6) is 0 Å². The Morgan fingerprint density at radius 1 is 1.00 bits per heavy atom. The Morgan fingerprint density at radius 3 is 1.62 bits per heavy atom. The molecule has 0 aliphatic rings. The molecule has 13 heavy (non-hydrogen) atoms. The molecule has 0 rings (SSSR count). The van der Waals surface area contributed by atoms with E-state index in [4.69, 9.17) is 4.43 Å². The fraction of sp³-hybridized carbons (Fsp3) is 1.00. The lowest BCUT2D eigenvalue weighted by atomic mass is 10.7. The van der Waals surface area contributed by atoms with Crippen molar-refractivity contribution in [3.63, 3.8) is 0 Å². The van der Waals surface area contributed by atoms with Gasteiger partial charge >= 0.3 is 6.18 Å². The summed E-state index contributed by atoms with van der Waals surface area (Å²) in [6.07, 6.45) is -4.18. The molecule has 1 nitrogen and oxygen atoms in total. The maximum Gasteiger partial charge on any atom is 0.410 e. The molecule has 0 atom stereocenters. The molecule has 0 unspecified atom stereocenters. The first-order valence-electron chi connectivity index (χ1n) is 4.60. The van der Waals surface area contributed by atoms with Crippen LogP contribution in [0.3, 0.4) is 0 Å². The maximum absolute atomic E-state index is 11.9. The average Bonchev–Trinajstić information content (AvgIpc) is 2.06. The fourth-order valence-corrected chi connectivity index (χ4v) is 3.87. The monoisotopic (exact) mass is 214 g/mol. The van der Waals surface area contributed by atoms with Crippen LogP contribution in [0.15, 0.2) is 0 Å². The highest BCUT2D eigenvalue weighted by Gasteiger charge is 2.35. The minimum absolute atomic E-state index is 0.760. The van der Waals surface area contributed by atoms with E-state index >= 15 is 0 Å². The molecule has 0 heterocycles. The van der Waals surface area contributed by atoms with Crippen LogP contribution in [0.4, 0.5) is 13.2 Å². The quantitative estimate of drug-likeness (QED) is 0.636. The molecule has 0 saturated heterocycles. The molecule has 0 amide bonds. The summed E-state index contributed by atoms with van der Waals surface area (Å²) >= 11 is 0. The molecular weight excluding hydrogens is 197 g/mol. The first-order chi connectivity index (χ1) is 5.89. The summed E-state index contributed by atoms with van der Waals surface area (Å²) in [5.74, 6) is 0. The molecule has 0 fully saturated rings. The van der Waals surface area contributed by atoms with Crippen molar-refractivity contribution in [2.75, 3.05) is 6.61 Å². The van der Waals surface area contributed by atoms with Crippen molar-refractivity contribution in [2.45, 2.75) is 45.1 Å². The van der Waals surface area contributed by atoms with Gasteiger partial charge in [-0.1, -0.05) is 20.8 Å². The zero-order valence-electron chi connectivity index (χ0n) is 8.37. The van der Waals surface area contributed by atoms with Crippen molar-refractivity contribution >= 4 is 8.32 Å².